The molecule has 0 unspecified atom stereocenters. The van der Waals surface area contributed by atoms with Crippen LogP contribution in [0.1, 0.15) is 0 Å². The molecule has 1 heterocycles. The topological polar surface area (TPSA) is 46.9 Å². The Balaban J connectivity index is 2.48. The lowest BCUT2D eigenvalue weighted by molar-refractivity contribution is -0.123. The molecule has 0 bridgehead atoms. The lowest BCUT2D eigenvalue weighted by Crippen LogP contribution is -2.42. The van der Waals surface area contributed by atoms with Gasteiger partial charge in [-0.25, -0.2) is 18.6 Å². The summed E-state index contributed by atoms with van der Waals surface area (Å²) in [6, 6.07) is -0.937. The van der Waals surface area contributed by atoms with Gasteiger partial charge in [-0.15, -0.1) is 0 Å². The number of amides is 1. The first-order valence-electron chi connectivity index (χ1n) is 3.85. The predicted octanol–water partition coefficient (Wildman–Crippen LogP) is 1.34. The standard InChI is InChI=1S/C7H7F4N3O/c8-5(9)7(10,11)3-13-6(15)14-2-1-12-4-14/h1-2,4-5H,3H2,(H,13,15). The summed E-state index contributed by atoms with van der Waals surface area (Å²) in [4.78, 5) is 14.5. The number of carbonyl (C=O) groups excluding carboxylic acids is 1. The first-order valence-corrected chi connectivity index (χ1v) is 3.85. The summed E-state index contributed by atoms with van der Waals surface area (Å²) in [6.07, 6.45) is -0.281. The first-order chi connectivity index (χ1) is 6.93. The van der Waals surface area contributed by atoms with Crippen molar-refractivity contribution in [1.29, 1.82) is 0 Å². The van der Waals surface area contributed by atoms with Crippen LogP contribution in [-0.4, -0.2) is 34.5 Å². The molecule has 0 fully saturated rings. The van der Waals surface area contributed by atoms with Gasteiger partial charge in [0.1, 0.15) is 6.33 Å². The summed E-state index contributed by atoms with van der Waals surface area (Å²) >= 11 is 0. The number of halogens is 4. The minimum Gasteiger partial charge on any atom is -0.331 e. The van der Waals surface area contributed by atoms with Crippen LogP contribution in [0.4, 0.5) is 22.4 Å². The van der Waals surface area contributed by atoms with E-state index in [9.17, 15) is 22.4 Å². The molecule has 0 spiro atoms. The second-order valence-electron chi connectivity index (χ2n) is 2.69. The van der Waals surface area contributed by atoms with Crippen LogP contribution in [0.25, 0.3) is 0 Å². The van der Waals surface area contributed by atoms with Crippen molar-refractivity contribution in [2.75, 3.05) is 6.54 Å². The maximum Gasteiger partial charge on any atom is 0.327 e. The fourth-order valence-electron chi connectivity index (χ4n) is 0.741. The van der Waals surface area contributed by atoms with Gasteiger partial charge >= 0.3 is 18.4 Å². The number of imidazole rings is 1. The van der Waals surface area contributed by atoms with E-state index in [2.05, 4.69) is 4.98 Å². The molecule has 4 nitrogen and oxygen atoms in total. The van der Waals surface area contributed by atoms with Crippen molar-refractivity contribution in [2.24, 2.45) is 0 Å². The van der Waals surface area contributed by atoms with Crippen molar-refractivity contribution in [3.05, 3.63) is 18.7 Å². The zero-order chi connectivity index (χ0) is 11.5. The number of nitrogens with zero attached hydrogens (tertiary/aromatic N) is 2. The lowest BCUT2D eigenvalue weighted by atomic mass is 10.3. The zero-order valence-electron chi connectivity index (χ0n) is 7.33. The van der Waals surface area contributed by atoms with E-state index in [1.165, 1.54) is 12.4 Å². The number of rotatable bonds is 3. The highest BCUT2D eigenvalue weighted by Gasteiger charge is 2.40. The van der Waals surface area contributed by atoms with Crippen LogP contribution >= 0.6 is 0 Å². The van der Waals surface area contributed by atoms with E-state index >= 15 is 0 Å². The lowest BCUT2D eigenvalue weighted by Gasteiger charge is -2.15. The molecule has 0 aliphatic heterocycles. The van der Waals surface area contributed by atoms with Crippen molar-refractivity contribution in [3.63, 3.8) is 0 Å². The van der Waals surface area contributed by atoms with Crippen LogP contribution < -0.4 is 5.32 Å². The monoisotopic (exact) mass is 225 g/mol. The minimum atomic E-state index is -4.23. The molecule has 0 atom stereocenters. The van der Waals surface area contributed by atoms with Crippen molar-refractivity contribution in [2.45, 2.75) is 12.3 Å². The number of nitrogens with one attached hydrogen (secondary N) is 1. The molecule has 0 aromatic carbocycles. The molecule has 0 aliphatic carbocycles. The van der Waals surface area contributed by atoms with E-state index in [4.69, 9.17) is 0 Å². The van der Waals surface area contributed by atoms with Gasteiger partial charge in [-0.1, -0.05) is 0 Å². The van der Waals surface area contributed by atoms with Crippen molar-refractivity contribution < 1.29 is 22.4 Å². The second kappa shape index (κ2) is 4.28. The summed E-state index contributed by atoms with van der Waals surface area (Å²) in [5.74, 6) is -4.23. The van der Waals surface area contributed by atoms with Crippen LogP contribution in [0.2, 0.25) is 0 Å². The van der Waals surface area contributed by atoms with Crippen LogP contribution in [0, 0.1) is 0 Å². The number of carbonyl (C=O) groups is 1. The van der Waals surface area contributed by atoms with E-state index in [-0.39, 0.29) is 0 Å². The predicted molar refractivity (Wildman–Crippen MR) is 42.0 cm³/mol. The SMILES string of the molecule is O=C(NCC(F)(F)C(F)F)n1ccnc1. The molecule has 1 rings (SSSR count). The summed E-state index contributed by atoms with van der Waals surface area (Å²) in [5, 5.41) is 1.66. The van der Waals surface area contributed by atoms with E-state index < -0.39 is 24.9 Å². The Hall–Kier alpha value is -1.60. The van der Waals surface area contributed by atoms with Gasteiger partial charge in [-0.05, 0) is 0 Å². The third kappa shape index (κ3) is 2.93. The number of alkyl halides is 4. The van der Waals surface area contributed by atoms with Gasteiger partial charge in [-0.3, -0.25) is 4.57 Å². The Morgan fingerprint density at radius 1 is 1.53 bits per heavy atom. The van der Waals surface area contributed by atoms with Gasteiger partial charge < -0.3 is 5.32 Å². The molecule has 1 amide bonds. The Kier molecular flexibility index (Phi) is 3.28. The second-order valence-corrected chi connectivity index (χ2v) is 2.69. The molecule has 15 heavy (non-hydrogen) atoms. The average Bonchev–Trinajstić information content (AvgIpc) is 2.66. The summed E-state index contributed by atoms with van der Waals surface area (Å²) in [7, 11) is 0. The van der Waals surface area contributed by atoms with Gasteiger partial charge in [0.2, 0.25) is 0 Å². The zero-order valence-corrected chi connectivity index (χ0v) is 7.33. The maximum absolute atomic E-state index is 12.4. The van der Waals surface area contributed by atoms with E-state index in [0.29, 0.717) is 0 Å². The van der Waals surface area contributed by atoms with Crippen molar-refractivity contribution >= 4 is 6.03 Å². The third-order valence-corrected chi connectivity index (χ3v) is 1.53. The number of hydrogen-bond acceptors (Lipinski definition) is 2. The van der Waals surface area contributed by atoms with Crippen LogP contribution in [0.5, 0.6) is 0 Å². The minimum absolute atomic E-state index is 0.863. The molecule has 8 heteroatoms. The van der Waals surface area contributed by atoms with E-state index in [0.717, 1.165) is 10.9 Å². The molecular formula is C7H7F4N3O. The van der Waals surface area contributed by atoms with Gasteiger partial charge in [0.15, 0.2) is 0 Å². The van der Waals surface area contributed by atoms with E-state index in [1.807, 2.05) is 0 Å². The van der Waals surface area contributed by atoms with Gasteiger partial charge in [-0.2, -0.15) is 8.78 Å². The summed E-state index contributed by atoms with van der Waals surface area (Å²) in [6.45, 7) is -1.42. The quantitative estimate of drug-likeness (QED) is 0.789. The van der Waals surface area contributed by atoms with Crippen LogP contribution in [-0.2, 0) is 0 Å². The first kappa shape index (κ1) is 11.5. The Labute approximate surface area is 81.9 Å². The Morgan fingerprint density at radius 2 is 2.20 bits per heavy atom. The highest BCUT2D eigenvalue weighted by molar-refractivity contribution is 5.76. The molecule has 1 aromatic heterocycles. The third-order valence-electron chi connectivity index (χ3n) is 1.53. The number of aromatic nitrogens is 2. The molecule has 1 aromatic rings. The number of hydrogen-bond donors (Lipinski definition) is 1. The molecule has 1 N–H and O–H groups in total. The van der Waals surface area contributed by atoms with E-state index in [1.54, 1.807) is 5.32 Å². The Morgan fingerprint density at radius 3 is 2.67 bits per heavy atom. The highest BCUT2D eigenvalue weighted by atomic mass is 19.3. The molecule has 0 saturated carbocycles. The van der Waals surface area contributed by atoms with Crippen molar-refractivity contribution in [1.82, 2.24) is 14.9 Å². The normalized spacial score (nSPS) is 11.8. The summed E-state index contributed by atoms with van der Waals surface area (Å²) < 4.78 is 49.0. The van der Waals surface area contributed by atoms with Crippen LogP contribution in [0.3, 0.4) is 0 Å². The fraction of sp³-hybridized carbons (Fsp3) is 0.429. The molecule has 0 saturated heterocycles. The van der Waals surface area contributed by atoms with Crippen LogP contribution in [0.15, 0.2) is 18.7 Å². The maximum atomic E-state index is 12.4. The van der Waals surface area contributed by atoms with Gasteiger partial charge in [0.05, 0.1) is 6.54 Å². The van der Waals surface area contributed by atoms with Crippen molar-refractivity contribution in [3.8, 4) is 0 Å². The largest absolute Gasteiger partial charge is 0.331 e. The fourth-order valence-corrected chi connectivity index (χ4v) is 0.741. The highest BCUT2D eigenvalue weighted by Crippen LogP contribution is 2.21. The van der Waals surface area contributed by atoms with Gasteiger partial charge in [0.25, 0.3) is 0 Å². The summed E-state index contributed by atoms with van der Waals surface area (Å²) in [5.41, 5.74) is 0. The average molecular weight is 225 g/mol. The molecule has 0 aliphatic rings. The van der Waals surface area contributed by atoms with Gasteiger partial charge in [0, 0.05) is 12.4 Å². The molecular weight excluding hydrogens is 218 g/mol. The smallest absolute Gasteiger partial charge is 0.327 e. The Bertz CT molecular complexity index is 325. The molecule has 84 valence electrons. The molecule has 0 radical (unpaired) electrons.